The maximum absolute atomic E-state index is 13.6. The minimum Gasteiger partial charge on any atom is -0.349 e. The first-order valence-electron chi connectivity index (χ1n) is 6.32. The highest BCUT2D eigenvalue weighted by Crippen LogP contribution is 2.26. The molecule has 0 aromatic heterocycles. The van der Waals surface area contributed by atoms with Crippen molar-refractivity contribution in [3.63, 3.8) is 0 Å². The average molecular weight is 284 g/mol. The van der Waals surface area contributed by atoms with Crippen LogP contribution in [0.3, 0.4) is 0 Å². The second kappa shape index (κ2) is 5.52. The molecule has 1 aromatic rings. The standard InChI is InChI=1S/C13H14F2N2O3/c1-7-2-3-8(4-7)16-13(18)9-5-12(17(19)20)11(15)6-10(9)14/h5-8H,2-4H2,1H3,(H,16,18). The van der Waals surface area contributed by atoms with Gasteiger partial charge >= 0.3 is 5.69 Å². The number of nitrogens with one attached hydrogen (secondary N) is 1. The van der Waals surface area contributed by atoms with Gasteiger partial charge < -0.3 is 5.32 Å². The number of amides is 1. The van der Waals surface area contributed by atoms with Crippen LogP contribution in [0.1, 0.15) is 36.5 Å². The van der Waals surface area contributed by atoms with Crippen LogP contribution in [-0.4, -0.2) is 16.9 Å². The van der Waals surface area contributed by atoms with E-state index in [4.69, 9.17) is 0 Å². The van der Waals surface area contributed by atoms with Gasteiger partial charge in [-0.05, 0) is 25.2 Å². The van der Waals surface area contributed by atoms with Crippen molar-refractivity contribution in [2.24, 2.45) is 5.92 Å². The van der Waals surface area contributed by atoms with Gasteiger partial charge in [-0.15, -0.1) is 0 Å². The number of hydrogen-bond donors (Lipinski definition) is 1. The van der Waals surface area contributed by atoms with Crippen molar-refractivity contribution in [3.05, 3.63) is 39.4 Å². The first kappa shape index (κ1) is 14.4. The number of carbonyl (C=O) groups is 1. The monoisotopic (exact) mass is 284 g/mol. The van der Waals surface area contributed by atoms with Crippen LogP contribution in [0.2, 0.25) is 0 Å². The number of halogens is 2. The Hall–Kier alpha value is -2.05. The van der Waals surface area contributed by atoms with Gasteiger partial charge in [0.1, 0.15) is 5.82 Å². The first-order valence-corrected chi connectivity index (χ1v) is 6.32. The quantitative estimate of drug-likeness (QED) is 0.685. The van der Waals surface area contributed by atoms with E-state index < -0.39 is 33.7 Å². The number of nitro benzene ring substituents is 1. The lowest BCUT2D eigenvalue weighted by molar-refractivity contribution is -0.387. The predicted molar refractivity (Wildman–Crippen MR) is 67.3 cm³/mol. The van der Waals surface area contributed by atoms with Gasteiger partial charge in [-0.3, -0.25) is 14.9 Å². The number of nitrogens with zero attached hydrogens (tertiary/aromatic N) is 1. The van der Waals surface area contributed by atoms with Crippen LogP contribution in [0.25, 0.3) is 0 Å². The molecule has 1 fully saturated rings. The molecule has 1 amide bonds. The molecule has 108 valence electrons. The minimum atomic E-state index is -1.29. The lowest BCUT2D eigenvalue weighted by atomic mass is 10.1. The average Bonchev–Trinajstić information content (AvgIpc) is 2.74. The van der Waals surface area contributed by atoms with E-state index in [1.807, 2.05) is 0 Å². The minimum absolute atomic E-state index is 0.0685. The Morgan fingerprint density at radius 1 is 1.35 bits per heavy atom. The first-order chi connectivity index (χ1) is 9.38. The molecule has 2 atom stereocenters. The molecule has 0 bridgehead atoms. The zero-order chi connectivity index (χ0) is 14.9. The van der Waals surface area contributed by atoms with Crippen LogP contribution < -0.4 is 5.32 Å². The van der Waals surface area contributed by atoms with Gasteiger partial charge in [-0.1, -0.05) is 6.92 Å². The fourth-order valence-electron chi connectivity index (χ4n) is 2.45. The van der Waals surface area contributed by atoms with Crippen LogP contribution in [-0.2, 0) is 0 Å². The lowest BCUT2D eigenvalue weighted by Crippen LogP contribution is -2.33. The van der Waals surface area contributed by atoms with E-state index in [0.29, 0.717) is 18.1 Å². The van der Waals surface area contributed by atoms with E-state index in [0.717, 1.165) is 19.3 Å². The Labute approximate surface area is 114 Å². The van der Waals surface area contributed by atoms with Crippen LogP contribution in [0, 0.1) is 27.7 Å². The van der Waals surface area contributed by atoms with E-state index in [9.17, 15) is 23.7 Å². The molecule has 1 N–H and O–H groups in total. The van der Waals surface area contributed by atoms with Gasteiger partial charge in [0.25, 0.3) is 5.91 Å². The third-order valence-corrected chi connectivity index (χ3v) is 3.51. The summed E-state index contributed by atoms with van der Waals surface area (Å²) < 4.78 is 26.8. The summed E-state index contributed by atoms with van der Waals surface area (Å²) in [6.07, 6.45) is 2.55. The predicted octanol–water partition coefficient (Wildman–Crippen LogP) is 2.79. The summed E-state index contributed by atoms with van der Waals surface area (Å²) in [5.41, 5.74) is -1.41. The van der Waals surface area contributed by atoms with Crippen molar-refractivity contribution >= 4 is 11.6 Å². The Kier molecular flexibility index (Phi) is 3.96. The molecule has 0 saturated heterocycles. The number of benzene rings is 1. The van der Waals surface area contributed by atoms with Gasteiger partial charge in [-0.2, -0.15) is 4.39 Å². The van der Waals surface area contributed by atoms with Crippen LogP contribution in [0.15, 0.2) is 12.1 Å². The fourth-order valence-corrected chi connectivity index (χ4v) is 2.45. The summed E-state index contributed by atoms with van der Waals surface area (Å²) in [6.45, 7) is 2.05. The van der Waals surface area contributed by atoms with Crippen molar-refractivity contribution in [2.75, 3.05) is 0 Å². The highest BCUT2D eigenvalue weighted by molar-refractivity contribution is 5.95. The summed E-state index contributed by atoms with van der Waals surface area (Å²) in [5.74, 6) is -2.66. The van der Waals surface area contributed by atoms with Gasteiger partial charge in [0.15, 0.2) is 0 Å². The summed E-state index contributed by atoms with van der Waals surface area (Å²) >= 11 is 0. The normalized spacial score (nSPS) is 21.8. The largest absolute Gasteiger partial charge is 0.349 e. The van der Waals surface area contributed by atoms with Crippen LogP contribution in [0.5, 0.6) is 0 Å². The van der Waals surface area contributed by atoms with Crippen molar-refractivity contribution in [1.29, 1.82) is 0 Å². The SMILES string of the molecule is CC1CCC(NC(=O)c2cc([N+](=O)[O-])c(F)cc2F)C1. The summed E-state index contributed by atoms with van der Waals surface area (Å²) in [7, 11) is 0. The van der Waals surface area contributed by atoms with Gasteiger partial charge in [0.05, 0.1) is 10.5 Å². The van der Waals surface area contributed by atoms with Crippen molar-refractivity contribution in [2.45, 2.75) is 32.2 Å². The molecule has 1 saturated carbocycles. The molecule has 0 spiro atoms. The Balaban J connectivity index is 2.21. The van der Waals surface area contributed by atoms with E-state index in [1.54, 1.807) is 0 Å². The molecular weight excluding hydrogens is 270 g/mol. The molecule has 1 aliphatic rings. The molecule has 0 aliphatic heterocycles. The highest BCUT2D eigenvalue weighted by Gasteiger charge is 2.26. The van der Waals surface area contributed by atoms with Crippen molar-refractivity contribution in [3.8, 4) is 0 Å². The third kappa shape index (κ3) is 2.92. The number of rotatable bonds is 3. The van der Waals surface area contributed by atoms with Gasteiger partial charge in [-0.25, -0.2) is 4.39 Å². The lowest BCUT2D eigenvalue weighted by Gasteiger charge is -2.12. The van der Waals surface area contributed by atoms with E-state index in [1.165, 1.54) is 0 Å². The molecule has 0 heterocycles. The zero-order valence-corrected chi connectivity index (χ0v) is 10.9. The smallest absolute Gasteiger partial charge is 0.305 e. The molecule has 0 radical (unpaired) electrons. The molecule has 20 heavy (non-hydrogen) atoms. The second-order valence-electron chi connectivity index (χ2n) is 5.13. The Bertz CT molecular complexity index is 563. The molecule has 7 heteroatoms. The molecule has 5 nitrogen and oxygen atoms in total. The molecule has 1 aromatic carbocycles. The summed E-state index contributed by atoms with van der Waals surface area (Å²) in [6, 6.07) is 0.934. The third-order valence-electron chi connectivity index (χ3n) is 3.51. The summed E-state index contributed by atoms with van der Waals surface area (Å²) in [4.78, 5) is 21.5. The summed E-state index contributed by atoms with van der Waals surface area (Å²) in [5, 5.41) is 13.2. The highest BCUT2D eigenvalue weighted by atomic mass is 19.1. The molecule has 2 rings (SSSR count). The molecular formula is C13H14F2N2O3. The second-order valence-corrected chi connectivity index (χ2v) is 5.13. The van der Waals surface area contributed by atoms with Gasteiger partial charge in [0, 0.05) is 18.2 Å². The van der Waals surface area contributed by atoms with E-state index in [2.05, 4.69) is 12.2 Å². The number of hydrogen-bond acceptors (Lipinski definition) is 3. The number of carbonyl (C=O) groups excluding carboxylic acids is 1. The Morgan fingerprint density at radius 2 is 2.05 bits per heavy atom. The van der Waals surface area contributed by atoms with Gasteiger partial charge in [0.2, 0.25) is 5.82 Å². The maximum Gasteiger partial charge on any atom is 0.305 e. The van der Waals surface area contributed by atoms with Crippen molar-refractivity contribution < 1.29 is 18.5 Å². The van der Waals surface area contributed by atoms with Crippen LogP contribution in [0.4, 0.5) is 14.5 Å². The van der Waals surface area contributed by atoms with Crippen molar-refractivity contribution in [1.82, 2.24) is 5.32 Å². The van der Waals surface area contributed by atoms with E-state index in [-0.39, 0.29) is 6.04 Å². The fraction of sp³-hybridized carbons (Fsp3) is 0.462. The van der Waals surface area contributed by atoms with Crippen LogP contribution >= 0.6 is 0 Å². The zero-order valence-electron chi connectivity index (χ0n) is 10.9. The van der Waals surface area contributed by atoms with E-state index >= 15 is 0 Å². The molecule has 1 aliphatic carbocycles. The topological polar surface area (TPSA) is 72.2 Å². The maximum atomic E-state index is 13.6. The number of nitro groups is 1. The molecule has 2 unspecified atom stereocenters. The Morgan fingerprint density at radius 3 is 2.60 bits per heavy atom.